The fraction of sp³-hybridized carbons (Fsp3) is 0.167. The maximum Gasteiger partial charge on any atom is 0.277 e. The van der Waals surface area contributed by atoms with Gasteiger partial charge in [-0.05, 0) is 24.3 Å². The van der Waals surface area contributed by atoms with Crippen molar-refractivity contribution in [1.29, 1.82) is 0 Å². The first-order valence-corrected chi connectivity index (χ1v) is 6.28. The molecule has 4 N–H and O–H groups in total. The molecule has 0 bridgehead atoms. The van der Waals surface area contributed by atoms with E-state index in [4.69, 9.17) is 15.3 Å². The number of benzene rings is 1. The van der Waals surface area contributed by atoms with Crippen LogP contribution in [0.3, 0.4) is 0 Å². The topological polar surface area (TPSA) is 101 Å². The molecule has 0 saturated carbocycles. The summed E-state index contributed by atoms with van der Waals surface area (Å²) >= 11 is 3.31. The summed E-state index contributed by atoms with van der Waals surface area (Å²) in [7, 11) is 0. The molecule has 7 heteroatoms. The summed E-state index contributed by atoms with van der Waals surface area (Å²) in [5, 5.41) is 11.5. The molecule has 19 heavy (non-hydrogen) atoms. The van der Waals surface area contributed by atoms with Crippen LogP contribution in [0.25, 0.3) is 0 Å². The van der Waals surface area contributed by atoms with Crippen LogP contribution in [0.2, 0.25) is 0 Å². The summed E-state index contributed by atoms with van der Waals surface area (Å²) in [5.74, 6) is -0.272. The molecule has 2 aromatic rings. The highest BCUT2D eigenvalue weighted by Crippen LogP contribution is 2.15. The molecule has 1 heterocycles. The molecule has 1 amide bonds. The Kier molecular flexibility index (Phi) is 4.31. The van der Waals surface area contributed by atoms with Crippen molar-refractivity contribution in [3.8, 4) is 0 Å². The van der Waals surface area contributed by atoms with Gasteiger partial charge in [-0.3, -0.25) is 4.79 Å². The van der Waals surface area contributed by atoms with Crippen molar-refractivity contribution >= 4 is 27.5 Å². The Morgan fingerprint density at radius 3 is 2.79 bits per heavy atom. The Labute approximate surface area is 117 Å². The standard InChI is InChI=1S/C12H12BrN3O3/c13-7-1-3-8(4-2-7)15-11(18)10-6-19-12(16-10)9(14)5-17/h1-4,6,9,17H,5,14H2,(H,15,18). The molecule has 0 spiro atoms. The number of hydrogen-bond acceptors (Lipinski definition) is 5. The van der Waals surface area contributed by atoms with Crippen molar-refractivity contribution in [2.45, 2.75) is 6.04 Å². The SMILES string of the molecule is NC(CO)c1nc(C(=O)Nc2ccc(Br)cc2)co1. The first-order chi connectivity index (χ1) is 9.10. The molecule has 6 nitrogen and oxygen atoms in total. The van der Waals surface area contributed by atoms with Crippen molar-refractivity contribution in [2.24, 2.45) is 5.73 Å². The highest BCUT2D eigenvalue weighted by molar-refractivity contribution is 9.10. The van der Waals surface area contributed by atoms with E-state index in [0.29, 0.717) is 5.69 Å². The van der Waals surface area contributed by atoms with Crippen LogP contribution in [0.4, 0.5) is 5.69 Å². The molecule has 0 aliphatic rings. The lowest BCUT2D eigenvalue weighted by molar-refractivity contribution is 0.102. The van der Waals surface area contributed by atoms with Gasteiger partial charge in [-0.1, -0.05) is 15.9 Å². The van der Waals surface area contributed by atoms with Crippen molar-refractivity contribution < 1.29 is 14.3 Å². The van der Waals surface area contributed by atoms with Gasteiger partial charge in [-0.15, -0.1) is 0 Å². The molecular formula is C12H12BrN3O3. The first kappa shape index (κ1) is 13.7. The van der Waals surface area contributed by atoms with Crippen molar-refractivity contribution in [3.05, 3.63) is 46.6 Å². The Balaban J connectivity index is 2.07. The second kappa shape index (κ2) is 5.96. The number of oxazole rings is 1. The number of nitrogens with two attached hydrogens (primary N) is 1. The zero-order valence-corrected chi connectivity index (χ0v) is 11.4. The van der Waals surface area contributed by atoms with E-state index in [0.717, 1.165) is 4.47 Å². The quantitative estimate of drug-likeness (QED) is 0.793. The number of carbonyl (C=O) groups excluding carboxylic acids is 1. The second-order valence-electron chi connectivity index (χ2n) is 3.82. The smallest absolute Gasteiger partial charge is 0.277 e. The fourth-order valence-corrected chi connectivity index (χ4v) is 1.63. The average Bonchev–Trinajstić information content (AvgIpc) is 2.90. The number of aliphatic hydroxyl groups excluding tert-OH is 1. The van der Waals surface area contributed by atoms with Crippen molar-refractivity contribution in [3.63, 3.8) is 0 Å². The molecule has 100 valence electrons. The van der Waals surface area contributed by atoms with Crippen molar-refractivity contribution in [1.82, 2.24) is 4.98 Å². The summed E-state index contributed by atoms with van der Waals surface area (Å²) in [6.45, 7) is -0.297. The lowest BCUT2D eigenvalue weighted by Crippen LogP contribution is -2.16. The number of carbonyl (C=O) groups is 1. The van der Waals surface area contributed by atoms with E-state index >= 15 is 0 Å². The van der Waals surface area contributed by atoms with Gasteiger partial charge in [0.05, 0.1) is 6.61 Å². The van der Waals surface area contributed by atoms with E-state index in [1.165, 1.54) is 6.26 Å². The highest BCUT2D eigenvalue weighted by Gasteiger charge is 2.16. The zero-order valence-electron chi connectivity index (χ0n) is 9.84. The minimum atomic E-state index is -0.728. The Morgan fingerprint density at radius 1 is 1.47 bits per heavy atom. The normalized spacial score (nSPS) is 12.2. The van der Waals surface area contributed by atoms with E-state index < -0.39 is 11.9 Å². The molecule has 1 atom stereocenters. The predicted octanol–water partition coefficient (Wildman–Crippen LogP) is 1.68. The molecule has 0 saturated heterocycles. The first-order valence-electron chi connectivity index (χ1n) is 5.49. The van der Waals surface area contributed by atoms with Crippen LogP contribution >= 0.6 is 15.9 Å². The monoisotopic (exact) mass is 325 g/mol. The zero-order chi connectivity index (χ0) is 13.8. The molecule has 1 unspecified atom stereocenters. The molecular weight excluding hydrogens is 314 g/mol. The Hall–Kier alpha value is -1.70. The van der Waals surface area contributed by atoms with Gasteiger partial charge in [0.25, 0.3) is 5.91 Å². The third-order valence-corrected chi connectivity index (χ3v) is 2.90. The summed E-state index contributed by atoms with van der Waals surface area (Å²) in [6.07, 6.45) is 1.21. The largest absolute Gasteiger partial charge is 0.446 e. The van der Waals surface area contributed by atoms with Gasteiger partial charge >= 0.3 is 0 Å². The van der Waals surface area contributed by atoms with Crippen LogP contribution in [0.15, 0.2) is 39.4 Å². The number of aliphatic hydroxyl groups is 1. The van der Waals surface area contributed by atoms with Crippen LogP contribution in [0, 0.1) is 0 Å². The van der Waals surface area contributed by atoms with E-state index in [9.17, 15) is 4.79 Å². The van der Waals surface area contributed by atoms with Crippen LogP contribution < -0.4 is 11.1 Å². The third kappa shape index (κ3) is 3.40. The molecule has 0 fully saturated rings. The fourth-order valence-electron chi connectivity index (χ4n) is 1.37. The summed E-state index contributed by atoms with van der Waals surface area (Å²) in [5.41, 5.74) is 6.29. The molecule has 1 aromatic carbocycles. The van der Waals surface area contributed by atoms with Gasteiger partial charge in [0.15, 0.2) is 5.69 Å². The maximum atomic E-state index is 11.9. The lowest BCUT2D eigenvalue weighted by Gasteiger charge is -2.02. The van der Waals surface area contributed by atoms with Crippen molar-refractivity contribution in [2.75, 3.05) is 11.9 Å². The van der Waals surface area contributed by atoms with Gasteiger partial charge in [0, 0.05) is 10.2 Å². The van der Waals surface area contributed by atoms with Crippen LogP contribution in [-0.4, -0.2) is 22.6 Å². The van der Waals surface area contributed by atoms with Crippen LogP contribution in [0.1, 0.15) is 22.4 Å². The van der Waals surface area contributed by atoms with Crippen LogP contribution in [-0.2, 0) is 0 Å². The van der Waals surface area contributed by atoms with E-state index in [1.807, 2.05) is 12.1 Å². The minimum Gasteiger partial charge on any atom is -0.446 e. The predicted molar refractivity (Wildman–Crippen MR) is 72.6 cm³/mol. The number of nitrogens with one attached hydrogen (secondary N) is 1. The Morgan fingerprint density at radius 2 is 2.16 bits per heavy atom. The van der Waals surface area contributed by atoms with Gasteiger partial charge < -0.3 is 20.6 Å². The van der Waals surface area contributed by atoms with E-state index in [-0.39, 0.29) is 18.2 Å². The van der Waals surface area contributed by atoms with Crippen LogP contribution in [0.5, 0.6) is 0 Å². The number of rotatable bonds is 4. The molecule has 2 rings (SSSR count). The number of amides is 1. The highest BCUT2D eigenvalue weighted by atomic mass is 79.9. The number of aromatic nitrogens is 1. The summed E-state index contributed by atoms with van der Waals surface area (Å²) in [4.78, 5) is 15.8. The van der Waals surface area contributed by atoms with E-state index in [2.05, 4.69) is 26.2 Å². The third-order valence-electron chi connectivity index (χ3n) is 2.37. The molecule has 1 aromatic heterocycles. The lowest BCUT2D eigenvalue weighted by atomic mass is 10.3. The molecule has 0 radical (unpaired) electrons. The number of anilines is 1. The second-order valence-corrected chi connectivity index (χ2v) is 4.74. The van der Waals surface area contributed by atoms with E-state index in [1.54, 1.807) is 12.1 Å². The number of halogens is 1. The average molecular weight is 326 g/mol. The minimum absolute atomic E-state index is 0.113. The Bertz CT molecular complexity index is 568. The number of nitrogens with zero attached hydrogens (tertiary/aromatic N) is 1. The summed E-state index contributed by atoms with van der Waals surface area (Å²) < 4.78 is 5.95. The molecule has 0 aliphatic heterocycles. The maximum absolute atomic E-state index is 11.9. The summed E-state index contributed by atoms with van der Waals surface area (Å²) in [6, 6.07) is 6.40. The van der Waals surface area contributed by atoms with Gasteiger partial charge in [-0.25, -0.2) is 4.98 Å². The number of hydrogen-bond donors (Lipinski definition) is 3. The van der Waals surface area contributed by atoms with Gasteiger partial charge in [0.1, 0.15) is 12.3 Å². The molecule has 0 aliphatic carbocycles. The van der Waals surface area contributed by atoms with Gasteiger partial charge in [0.2, 0.25) is 5.89 Å². The van der Waals surface area contributed by atoms with Gasteiger partial charge in [-0.2, -0.15) is 0 Å².